The molecular formula is C8H17N3O2. The van der Waals surface area contributed by atoms with Crippen molar-refractivity contribution in [2.45, 2.75) is 6.04 Å². The predicted molar refractivity (Wildman–Crippen MR) is 49.6 cm³/mol. The largest absolute Gasteiger partial charge is 0.465 e. The standard InChI is InChI=1S/C8H17N3O2/c1-10(2)3-6-4-11(8(12)13)5-7(6)9/h6-7H,3-5,9H2,1-2H3,(H,12,13)/t6-,7+/m1/s1. The Morgan fingerprint density at radius 3 is 2.62 bits per heavy atom. The minimum Gasteiger partial charge on any atom is -0.465 e. The van der Waals surface area contributed by atoms with Crippen LogP contribution < -0.4 is 5.73 Å². The third-order valence-electron chi connectivity index (χ3n) is 2.36. The van der Waals surface area contributed by atoms with E-state index in [1.807, 2.05) is 19.0 Å². The Morgan fingerprint density at radius 2 is 2.23 bits per heavy atom. The van der Waals surface area contributed by atoms with E-state index in [9.17, 15) is 4.79 Å². The fourth-order valence-electron chi connectivity index (χ4n) is 1.71. The number of carboxylic acid groups (broad SMARTS) is 1. The molecule has 1 fully saturated rings. The van der Waals surface area contributed by atoms with Crippen LogP contribution in [-0.4, -0.2) is 60.8 Å². The maximum atomic E-state index is 10.6. The van der Waals surface area contributed by atoms with E-state index < -0.39 is 6.09 Å². The first-order chi connectivity index (χ1) is 6.00. The maximum absolute atomic E-state index is 10.6. The highest BCUT2D eigenvalue weighted by Gasteiger charge is 2.32. The van der Waals surface area contributed by atoms with Gasteiger partial charge in [0.15, 0.2) is 0 Å². The Bertz CT molecular complexity index is 196. The van der Waals surface area contributed by atoms with Crippen molar-refractivity contribution in [3.8, 4) is 0 Å². The van der Waals surface area contributed by atoms with Gasteiger partial charge in [-0.1, -0.05) is 0 Å². The van der Waals surface area contributed by atoms with Crippen molar-refractivity contribution in [3.63, 3.8) is 0 Å². The molecule has 0 spiro atoms. The molecular weight excluding hydrogens is 170 g/mol. The van der Waals surface area contributed by atoms with E-state index in [-0.39, 0.29) is 12.0 Å². The van der Waals surface area contributed by atoms with Gasteiger partial charge >= 0.3 is 6.09 Å². The Kier molecular flexibility index (Phi) is 3.11. The van der Waals surface area contributed by atoms with Crippen molar-refractivity contribution in [2.75, 3.05) is 33.7 Å². The number of amides is 1. The fraction of sp³-hybridized carbons (Fsp3) is 0.875. The lowest BCUT2D eigenvalue weighted by molar-refractivity contribution is 0.153. The Balaban J connectivity index is 2.46. The van der Waals surface area contributed by atoms with E-state index >= 15 is 0 Å². The van der Waals surface area contributed by atoms with Crippen LogP contribution >= 0.6 is 0 Å². The van der Waals surface area contributed by atoms with Crippen LogP contribution in [0.3, 0.4) is 0 Å². The van der Waals surface area contributed by atoms with Crippen molar-refractivity contribution in [2.24, 2.45) is 11.7 Å². The number of hydrogen-bond donors (Lipinski definition) is 2. The number of rotatable bonds is 2. The summed E-state index contributed by atoms with van der Waals surface area (Å²) in [6.45, 7) is 1.88. The minimum atomic E-state index is -0.864. The summed E-state index contributed by atoms with van der Waals surface area (Å²) >= 11 is 0. The van der Waals surface area contributed by atoms with E-state index in [2.05, 4.69) is 0 Å². The lowest BCUT2D eigenvalue weighted by atomic mass is 10.0. The highest BCUT2D eigenvalue weighted by molar-refractivity contribution is 5.65. The quantitative estimate of drug-likeness (QED) is 0.610. The van der Waals surface area contributed by atoms with E-state index in [4.69, 9.17) is 10.8 Å². The van der Waals surface area contributed by atoms with Crippen molar-refractivity contribution in [3.05, 3.63) is 0 Å². The number of likely N-dealkylation sites (tertiary alicyclic amines) is 1. The fourth-order valence-corrected chi connectivity index (χ4v) is 1.71. The maximum Gasteiger partial charge on any atom is 0.407 e. The highest BCUT2D eigenvalue weighted by Crippen LogP contribution is 2.15. The first-order valence-electron chi connectivity index (χ1n) is 4.39. The zero-order valence-corrected chi connectivity index (χ0v) is 8.10. The van der Waals surface area contributed by atoms with Crippen LogP contribution in [0.5, 0.6) is 0 Å². The summed E-state index contributed by atoms with van der Waals surface area (Å²) in [6.07, 6.45) is -0.864. The molecule has 1 aliphatic rings. The second-order valence-electron chi connectivity index (χ2n) is 3.87. The monoisotopic (exact) mass is 187 g/mol. The van der Waals surface area contributed by atoms with Gasteiger partial charge in [0.1, 0.15) is 0 Å². The van der Waals surface area contributed by atoms with Gasteiger partial charge in [-0.05, 0) is 14.1 Å². The van der Waals surface area contributed by atoms with Crippen LogP contribution in [-0.2, 0) is 0 Å². The number of nitrogens with two attached hydrogens (primary N) is 1. The molecule has 0 aromatic carbocycles. The molecule has 0 aromatic rings. The summed E-state index contributed by atoms with van der Waals surface area (Å²) in [7, 11) is 3.94. The molecule has 0 bridgehead atoms. The molecule has 2 atom stereocenters. The number of nitrogens with zero attached hydrogens (tertiary/aromatic N) is 2. The normalized spacial score (nSPS) is 28.5. The van der Waals surface area contributed by atoms with E-state index in [1.54, 1.807) is 0 Å². The zero-order chi connectivity index (χ0) is 10.0. The molecule has 5 nitrogen and oxygen atoms in total. The van der Waals surface area contributed by atoms with Crippen LogP contribution in [0.1, 0.15) is 0 Å². The van der Waals surface area contributed by atoms with E-state index in [1.165, 1.54) is 4.90 Å². The van der Waals surface area contributed by atoms with Crippen LogP contribution in [0.15, 0.2) is 0 Å². The lowest BCUT2D eigenvalue weighted by Gasteiger charge is -2.18. The van der Waals surface area contributed by atoms with E-state index in [0.717, 1.165) is 6.54 Å². The second-order valence-corrected chi connectivity index (χ2v) is 3.87. The van der Waals surface area contributed by atoms with Gasteiger partial charge in [0, 0.05) is 31.6 Å². The molecule has 0 unspecified atom stereocenters. The molecule has 0 aliphatic carbocycles. The Morgan fingerprint density at radius 1 is 1.62 bits per heavy atom. The van der Waals surface area contributed by atoms with Gasteiger partial charge < -0.3 is 20.6 Å². The van der Waals surface area contributed by atoms with Crippen molar-refractivity contribution in [1.82, 2.24) is 9.80 Å². The predicted octanol–water partition coefficient (Wildman–Crippen LogP) is -0.515. The third kappa shape index (κ3) is 2.57. The van der Waals surface area contributed by atoms with Gasteiger partial charge in [-0.15, -0.1) is 0 Å². The average Bonchev–Trinajstić information content (AvgIpc) is 2.31. The molecule has 1 amide bonds. The summed E-state index contributed by atoms with van der Waals surface area (Å²) in [5, 5.41) is 8.74. The second kappa shape index (κ2) is 3.93. The molecule has 1 saturated heterocycles. The molecule has 1 heterocycles. The van der Waals surface area contributed by atoms with Gasteiger partial charge in [-0.25, -0.2) is 4.79 Å². The Labute approximate surface area is 78.1 Å². The SMILES string of the molecule is CN(C)C[C@@H]1CN(C(=O)O)C[C@@H]1N. The molecule has 5 heteroatoms. The van der Waals surface area contributed by atoms with Gasteiger partial charge in [0.25, 0.3) is 0 Å². The molecule has 0 aromatic heterocycles. The number of carbonyl (C=O) groups is 1. The topological polar surface area (TPSA) is 69.8 Å². The molecule has 1 aliphatic heterocycles. The van der Waals surface area contributed by atoms with Crippen LogP contribution in [0.2, 0.25) is 0 Å². The molecule has 0 radical (unpaired) electrons. The van der Waals surface area contributed by atoms with Crippen molar-refractivity contribution in [1.29, 1.82) is 0 Å². The molecule has 3 N–H and O–H groups in total. The van der Waals surface area contributed by atoms with Gasteiger partial charge in [0.05, 0.1) is 0 Å². The summed E-state index contributed by atoms with van der Waals surface area (Å²) in [5.74, 6) is 0.270. The Hall–Kier alpha value is -0.810. The average molecular weight is 187 g/mol. The van der Waals surface area contributed by atoms with Gasteiger partial charge in [-0.3, -0.25) is 0 Å². The summed E-state index contributed by atoms with van der Waals surface area (Å²) in [6, 6.07) is -0.0153. The molecule has 76 valence electrons. The van der Waals surface area contributed by atoms with Gasteiger partial charge in [-0.2, -0.15) is 0 Å². The highest BCUT2D eigenvalue weighted by atomic mass is 16.4. The molecule has 1 rings (SSSR count). The number of hydrogen-bond acceptors (Lipinski definition) is 3. The van der Waals surface area contributed by atoms with Crippen LogP contribution in [0.4, 0.5) is 4.79 Å². The molecule has 13 heavy (non-hydrogen) atoms. The minimum absolute atomic E-state index is 0.0153. The third-order valence-corrected chi connectivity index (χ3v) is 2.36. The molecule has 0 saturated carbocycles. The lowest BCUT2D eigenvalue weighted by Crippen LogP contribution is -2.35. The summed E-state index contributed by atoms with van der Waals surface area (Å²) < 4.78 is 0. The first kappa shape index (κ1) is 10.3. The summed E-state index contributed by atoms with van der Waals surface area (Å²) in [4.78, 5) is 14.1. The van der Waals surface area contributed by atoms with Gasteiger partial charge in [0.2, 0.25) is 0 Å². The van der Waals surface area contributed by atoms with Crippen molar-refractivity contribution >= 4 is 6.09 Å². The van der Waals surface area contributed by atoms with Crippen molar-refractivity contribution < 1.29 is 9.90 Å². The first-order valence-corrected chi connectivity index (χ1v) is 4.39. The van der Waals surface area contributed by atoms with Crippen LogP contribution in [0, 0.1) is 5.92 Å². The van der Waals surface area contributed by atoms with Crippen LogP contribution in [0.25, 0.3) is 0 Å². The smallest absolute Gasteiger partial charge is 0.407 e. The van der Waals surface area contributed by atoms with E-state index in [0.29, 0.717) is 13.1 Å². The summed E-state index contributed by atoms with van der Waals surface area (Å²) in [5.41, 5.74) is 5.82. The zero-order valence-electron chi connectivity index (χ0n) is 8.10.